The first-order valence-electron chi connectivity index (χ1n) is 8.80. The zero-order valence-electron chi connectivity index (χ0n) is 15.7. The maximum atomic E-state index is 12.5. The van der Waals surface area contributed by atoms with Gasteiger partial charge in [0.15, 0.2) is 5.82 Å². The molecule has 0 saturated heterocycles. The Kier molecular flexibility index (Phi) is 6.71. The zero-order chi connectivity index (χ0) is 22.4. The van der Waals surface area contributed by atoms with Crippen LogP contribution in [-0.2, 0) is 11.3 Å². The molecule has 0 radical (unpaired) electrons. The van der Waals surface area contributed by atoms with E-state index >= 15 is 0 Å². The van der Waals surface area contributed by atoms with Crippen LogP contribution in [-0.4, -0.2) is 28.3 Å². The van der Waals surface area contributed by atoms with Gasteiger partial charge in [-0.15, -0.1) is 0 Å². The summed E-state index contributed by atoms with van der Waals surface area (Å²) in [7, 11) is 0. The Morgan fingerprint density at radius 1 is 1.03 bits per heavy atom. The number of fused-ring (bicyclic) bond motifs is 6. The van der Waals surface area contributed by atoms with Gasteiger partial charge in [-0.2, -0.15) is 18.2 Å². The van der Waals surface area contributed by atoms with Crippen molar-refractivity contribution in [1.82, 2.24) is 9.97 Å². The Morgan fingerprint density at radius 2 is 1.71 bits per heavy atom. The van der Waals surface area contributed by atoms with Crippen LogP contribution < -0.4 is 16.0 Å². The van der Waals surface area contributed by atoms with Gasteiger partial charge in [0.05, 0.1) is 6.20 Å². The summed E-state index contributed by atoms with van der Waals surface area (Å²) in [6.45, 7) is 0.519. The highest BCUT2D eigenvalue weighted by Crippen LogP contribution is 2.24. The first-order chi connectivity index (χ1) is 14.7. The molecular weight excluding hydrogens is 435 g/mol. The molecule has 0 aliphatic carbocycles. The molecule has 7 nitrogen and oxygen atoms in total. The van der Waals surface area contributed by atoms with E-state index in [2.05, 4.69) is 25.9 Å². The lowest BCUT2D eigenvalue weighted by molar-refractivity contribution is -0.156. The standard InChI is InChI=1S/C18H14ClN5O.C2HF3O/c19-15-10-21-18-23-14-6-2-4-12(8-14)17(25)22-13-5-1-3-11(7-13)9-20-16(15)24-18;3-2(4,5)1-6/h1-8,10H,9H2,(H,22,25)(H2,20,21,23,24);1H. The van der Waals surface area contributed by atoms with Crippen LogP contribution in [0.4, 0.5) is 36.3 Å². The third-order valence-electron chi connectivity index (χ3n) is 3.90. The number of amides is 1. The second kappa shape index (κ2) is 9.43. The second-order valence-electron chi connectivity index (χ2n) is 6.26. The largest absolute Gasteiger partial charge is 0.446 e. The number of rotatable bonds is 0. The van der Waals surface area contributed by atoms with E-state index in [-0.39, 0.29) is 5.91 Å². The summed E-state index contributed by atoms with van der Waals surface area (Å²) in [5, 5.41) is 9.64. The lowest BCUT2D eigenvalue weighted by Crippen LogP contribution is -2.13. The van der Waals surface area contributed by atoms with Crippen LogP contribution >= 0.6 is 11.6 Å². The number of aldehydes is 1. The number of carbonyl (C=O) groups excluding carboxylic acids is 2. The lowest BCUT2D eigenvalue weighted by Gasteiger charge is -2.13. The molecule has 2 heterocycles. The smallest absolute Gasteiger partial charge is 0.365 e. The van der Waals surface area contributed by atoms with Crippen LogP contribution in [0.5, 0.6) is 0 Å². The number of benzene rings is 2. The normalized spacial score (nSPS) is 12.7. The van der Waals surface area contributed by atoms with Crippen LogP contribution in [0.1, 0.15) is 15.9 Å². The van der Waals surface area contributed by atoms with Crippen LogP contribution in [0.15, 0.2) is 54.7 Å². The van der Waals surface area contributed by atoms with Crippen molar-refractivity contribution >= 4 is 46.9 Å². The molecule has 1 amide bonds. The number of halogens is 4. The molecule has 0 spiro atoms. The molecule has 160 valence electrons. The second-order valence-corrected chi connectivity index (χ2v) is 6.67. The van der Waals surface area contributed by atoms with Gasteiger partial charge in [0.2, 0.25) is 12.2 Å². The summed E-state index contributed by atoms with van der Waals surface area (Å²) in [4.78, 5) is 29.8. The third-order valence-corrected chi connectivity index (χ3v) is 4.18. The summed E-state index contributed by atoms with van der Waals surface area (Å²) in [5.74, 6) is 0.764. The van der Waals surface area contributed by atoms with E-state index < -0.39 is 12.5 Å². The van der Waals surface area contributed by atoms with Crippen molar-refractivity contribution in [1.29, 1.82) is 0 Å². The van der Waals surface area contributed by atoms with Crippen molar-refractivity contribution in [3.63, 3.8) is 0 Å². The van der Waals surface area contributed by atoms with Gasteiger partial charge < -0.3 is 16.0 Å². The van der Waals surface area contributed by atoms with E-state index in [1.54, 1.807) is 18.2 Å². The fraction of sp³-hybridized carbons (Fsp3) is 0.100. The Bertz CT molecular complexity index is 1110. The van der Waals surface area contributed by atoms with Gasteiger partial charge in [0, 0.05) is 23.5 Å². The highest BCUT2D eigenvalue weighted by atomic mass is 35.5. The molecule has 3 aromatic rings. The summed E-state index contributed by atoms with van der Waals surface area (Å²) in [6.07, 6.45) is -4.16. The molecular formula is C20H15ClF3N5O2. The van der Waals surface area contributed by atoms with Crippen molar-refractivity contribution in [3.05, 3.63) is 70.9 Å². The number of hydrogen-bond donors (Lipinski definition) is 3. The van der Waals surface area contributed by atoms with Crippen molar-refractivity contribution in [2.75, 3.05) is 16.0 Å². The van der Waals surface area contributed by atoms with E-state index in [0.29, 0.717) is 34.6 Å². The van der Waals surface area contributed by atoms with E-state index in [1.165, 1.54) is 6.20 Å². The molecule has 1 aromatic heterocycles. The molecule has 1 aliphatic rings. The lowest BCUT2D eigenvalue weighted by atomic mass is 10.1. The fourth-order valence-electron chi connectivity index (χ4n) is 2.57. The van der Waals surface area contributed by atoms with Crippen LogP contribution in [0, 0.1) is 0 Å². The Morgan fingerprint density at radius 3 is 2.42 bits per heavy atom. The number of alkyl halides is 3. The Labute approximate surface area is 179 Å². The van der Waals surface area contributed by atoms with E-state index in [0.717, 1.165) is 11.3 Å². The summed E-state index contributed by atoms with van der Waals surface area (Å²) < 4.78 is 31.2. The molecule has 1 aliphatic heterocycles. The van der Waals surface area contributed by atoms with E-state index in [4.69, 9.17) is 16.4 Å². The Balaban J connectivity index is 0.000000401. The monoisotopic (exact) mass is 449 g/mol. The highest BCUT2D eigenvalue weighted by molar-refractivity contribution is 6.32. The quantitative estimate of drug-likeness (QED) is 0.427. The summed E-state index contributed by atoms with van der Waals surface area (Å²) >= 11 is 6.18. The summed E-state index contributed by atoms with van der Waals surface area (Å²) in [5.41, 5.74) is 2.98. The summed E-state index contributed by atoms with van der Waals surface area (Å²) in [6, 6.07) is 14.8. The molecule has 6 bridgehead atoms. The molecule has 2 aromatic carbocycles. The Hall–Kier alpha value is -3.66. The van der Waals surface area contributed by atoms with Crippen molar-refractivity contribution in [3.8, 4) is 0 Å². The number of carbonyl (C=O) groups is 2. The average molecular weight is 450 g/mol. The van der Waals surface area contributed by atoms with Gasteiger partial charge in [0.1, 0.15) is 5.02 Å². The molecule has 0 unspecified atom stereocenters. The molecule has 31 heavy (non-hydrogen) atoms. The maximum Gasteiger partial charge on any atom is 0.446 e. The van der Waals surface area contributed by atoms with Crippen LogP contribution in [0.3, 0.4) is 0 Å². The minimum absolute atomic E-state index is 0.177. The number of nitrogens with one attached hydrogen (secondary N) is 3. The number of nitrogens with zero attached hydrogens (tertiary/aromatic N) is 2. The van der Waals surface area contributed by atoms with Crippen LogP contribution in [0.2, 0.25) is 5.02 Å². The van der Waals surface area contributed by atoms with E-state index in [9.17, 15) is 18.0 Å². The topological polar surface area (TPSA) is 96.0 Å². The predicted molar refractivity (Wildman–Crippen MR) is 111 cm³/mol. The molecule has 11 heteroatoms. The minimum Gasteiger partial charge on any atom is -0.365 e. The number of anilines is 4. The zero-order valence-corrected chi connectivity index (χ0v) is 16.5. The van der Waals surface area contributed by atoms with Gasteiger partial charge in [-0.05, 0) is 35.9 Å². The molecule has 0 fully saturated rings. The minimum atomic E-state index is -4.64. The highest BCUT2D eigenvalue weighted by Gasteiger charge is 2.24. The predicted octanol–water partition coefficient (Wildman–Crippen LogP) is 4.80. The molecule has 4 rings (SSSR count). The van der Waals surface area contributed by atoms with Crippen molar-refractivity contribution < 1.29 is 22.8 Å². The number of hydrogen-bond acceptors (Lipinski definition) is 6. The SMILES string of the molecule is O=C1Nc2cccc(c2)CNc2nc(ncc2Cl)Nc2cccc1c2.O=CC(F)(F)F. The molecule has 3 N–H and O–H groups in total. The molecule has 0 atom stereocenters. The number of aromatic nitrogens is 2. The average Bonchev–Trinajstić information content (AvgIpc) is 2.74. The third kappa shape index (κ3) is 6.41. The van der Waals surface area contributed by atoms with E-state index in [1.807, 2.05) is 30.3 Å². The molecule has 0 saturated carbocycles. The maximum absolute atomic E-state index is 12.5. The van der Waals surface area contributed by atoms with Gasteiger partial charge >= 0.3 is 6.18 Å². The van der Waals surface area contributed by atoms with Crippen LogP contribution in [0.25, 0.3) is 0 Å². The van der Waals surface area contributed by atoms with Gasteiger partial charge in [-0.3, -0.25) is 9.59 Å². The first kappa shape index (κ1) is 22.0. The van der Waals surface area contributed by atoms with Crippen molar-refractivity contribution in [2.45, 2.75) is 12.7 Å². The van der Waals surface area contributed by atoms with Gasteiger partial charge in [0.25, 0.3) is 5.91 Å². The van der Waals surface area contributed by atoms with Gasteiger partial charge in [-0.25, -0.2) is 4.98 Å². The van der Waals surface area contributed by atoms with Crippen molar-refractivity contribution in [2.24, 2.45) is 0 Å². The fourth-order valence-corrected chi connectivity index (χ4v) is 2.72. The van der Waals surface area contributed by atoms with Gasteiger partial charge in [-0.1, -0.05) is 29.8 Å². The first-order valence-corrected chi connectivity index (χ1v) is 9.18.